The molecule has 2 heterocycles. The molecule has 0 spiro atoms. The van der Waals surface area contributed by atoms with Crippen LogP contribution in [0.25, 0.3) is 0 Å². The van der Waals surface area contributed by atoms with Crippen LogP contribution >= 0.6 is 0 Å². The van der Waals surface area contributed by atoms with E-state index >= 15 is 0 Å². The average Bonchev–Trinajstić information content (AvgIpc) is 3.43. The molecule has 0 aromatic heterocycles. The van der Waals surface area contributed by atoms with Crippen LogP contribution in [0.2, 0.25) is 0 Å². The molecule has 282 valence electrons. The van der Waals surface area contributed by atoms with Crippen LogP contribution in [0.15, 0.2) is 30.4 Å². The summed E-state index contributed by atoms with van der Waals surface area (Å²) >= 11 is 0. The highest BCUT2D eigenvalue weighted by Crippen LogP contribution is 2.28. The van der Waals surface area contributed by atoms with E-state index in [1.807, 2.05) is 39.0 Å². The van der Waals surface area contributed by atoms with E-state index in [4.69, 9.17) is 28.4 Å². The molecule has 2 aliphatic heterocycles. The highest BCUT2D eigenvalue weighted by Gasteiger charge is 2.34. The van der Waals surface area contributed by atoms with E-state index in [1.54, 1.807) is 7.11 Å². The third-order valence-electron chi connectivity index (χ3n) is 6.93. The van der Waals surface area contributed by atoms with Crippen molar-refractivity contribution in [2.75, 3.05) is 59.8 Å². The number of ether oxygens (including phenoxy) is 6. The number of amides is 3. The van der Waals surface area contributed by atoms with E-state index in [2.05, 4.69) is 5.32 Å². The SMILES string of the molecule is CC.CCC=O.COCc1ccc(CCCOCCOCCOCCNC(=O)CCN2C(=O)C=CC2=O)cc1OC1CC(O)CC(C(=O)O)O1. The number of hydrogen-bond acceptors (Lipinski definition) is 12. The highest BCUT2D eigenvalue weighted by atomic mass is 16.7. The minimum atomic E-state index is -1.13. The lowest BCUT2D eigenvalue weighted by atomic mass is 10.0. The van der Waals surface area contributed by atoms with E-state index in [-0.39, 0.29) is 31.7 Å². The summed E-state index contributed by atoms with van der Waals surface area (Å²) < 4.78 is 33.3. The molecule has 15 heteroatoms. The van der Waals surface area contributed by atoms with Gasteiger partial charge >= 0.3 is 5.97 Å². The van der Waals surface area contributed by atoms with Crippen LogP contribution in [-0.2, 0) is 60.7 Å². The lowest BCUT2D eigenvalue weighted by molar-refractivity contribution is -0.195. The highest BCUT2D eigenvalue weighted by molar-refractivity contribution is 6.13. The number of carbonyl (C=O) groups excluding carboxylic acids is 4. The van der Waals surface area contributed by atoms with E-state index < -0.39 is 36.3 Å². The largest absolute Gasteiger partial charge is 0.479 e. The van der Waals surface area contributed by atoms with Gasteiger partial charge in [0.05, 0.1) is 45.7 Å². The monoisotopic (exact) mass is 710 g/mol. The number of carbonyl (C=O) groups is 5. The zero-order valence-corrected chi connectivity index (χ0v) is 29.6. The molecule has 3 atom stereocenters. The number of aliphatic hydroxyl groups is 1. The summed E-state index contributed by atoms with van der Waals surface area (Å²) in [6.45, 7) is 8.92. The van der Waals surface area contributed by atoms with Crippen molar-refractivity contribution in [3.05, 3.63) is 41.5 Å². The summed E-state index contributed by atoms with van der Waals surface area (Å²) in [4.78, 5) is 56.3. The van der Waals surface area contributed by atoms with Crippen molar-refractivity contribution < 1.29 is 62.6 Å². The molecular weight excluding hydrogens is 656 g/mol. The normalized spacial score (nSPS) is 18.1. The third kappa shape index (κ3) is 18.3. The van der Waals surface area contributed by atoms with Gasteiger partial charge in [0.1, 0.15) is 12.0 Å². The molecule has 1 aromatic carbocycles. The van der Waals surface area contributed by atoms with Crippen molar-refractivity contribution in [2.45, 2.75) is 84.4 Å². The summed E-state index contributed by atoms with van der Waals surface area (Å²) in [5.41, 5.74) is 1.80. The predicted octanol–water partition coefficient (Wildman–Crippen LogP) is 2.20. The van der Waals surface area contributed by atoms with E-state index in [0.717, 1.165) is 35.2 Å². The summed E-state index contributed by atoms with van der Waals surface area (Å²) in [5, 5.41) is 22.0. The van der Waals surface area contributed by atoms with E-state index in [0.29, 0.717) is 65.0 Å². The van der Waals surface area contributed by atoms with Crippen LogP contribution in [0.5, 0.6) is 5.75 Å². The van der Waals surface area contributed by atoms with Gasteiger partial charge in [0.15, 0.2) is 6.10 Å². The molecule has 15 nitrogen and oxygen atoms in total. The third-order valence-corrected chi connectivity index (χ3v) is 6.93. The van der Waals surface area contributed by atoms with Crippen LogP contribution in [0.1, 0.15) is 64.0 Å². The molecule has 0 bridgehead atoms. The lowest BCUT2D eigenvalue weighted by Gasteiger charge is -2.31. The van der Waals surface area contributed by atoms with Crippen molar-refractivity contribution >= 4 is 30.0 Å². The summed E-state index contributed by atoms with van der Waals surface area (Å²) in [6, 6.07) is 5.75. The standard InChI is InChI=1S/C30H42N2O12.C3H6O.C2H6/c1-39-20-22-5-4-21(17-24(22)43-29-19-23(33)18-25(44-29)30(37)38)3-2-11-40-13-15-42-16-14-41-12-9-31-26(34)8-10-32-27(35)6-7-28(32)36;1-2-3-4;1-2/h4-7,17,23,25,29,33H,2-3,8-16,18-20H2,1H3,(H,31,34)(H,37,38);3H,2H2,1H3;1-2H3. The number of aldehydes is 1. The Labute approximate surface area is 294 Å². The van der Waals surface area contributed by atoms with Crippen molar-refractivity contribution in [1.29, 1.82) is 0 Å². The van der Waals surface area contributed by atoms with Gasteiger partial charge in [0.2, 0.25) is 12.2 Å². The number of nitrogens with zero attached hydrogens (tertiary/aromatic N) is 1. The van der Waals surface area contributed by atoms with Crippen molar-refractivity contribution in [1.82, 2.24) is 10.2 Å². The molecule has 3 rings (SSSR count). The second-order valence-electron chi connectivity index (χ2n) is 10.8. The fraction of sp³-hybridized carbons (Fsp3) is 0.629. The lowest BCUT2D eigenvalue weighted by Crippen LogP contribution is -2.42. The van der Waals surface area contributed by atoms with Crippen LogP contribution in [-0.4, -0.2) is 123 Å². The maximum absolute atomic E-state index is 11.8. The smallest absolute Gasteiger partial charge is 0.333 e. The molecule has 1 aromatic rings. The second kappa shape index (κ2) is 27.1. The molecule has 2 aliphatic rings. The number of rotatable bonds is 22. The van der Waals surface area contributed by atoms with Crippen LogP contribution < -0.4 is 10.1 Å². The molecule has 3 N–H and O–H groups in total. The first-order valence-electron chi connectivity index (χ1n) is 17.0. The fourth-order valence-electron chi connectivity index (χ4n) is 4.51. The van der Waals surface area contributed by atoms with E-state index in [9.17, 15) is 34.2 Å². The second-order valence-corrected chi connectivity index (χ2v) is 10.8. The van der Waals surface area contributed by atoms with Gasteiger partial charge in [-0.05, 0) is 24.5 Å². The molecule has 3 unspecified atom stereocenters. The van der Waals surface area contributed by atoms with E-state index in [1.165, 1.54) is 12.2 Å². The number of carboxylic acids is 1. The van der Waals surface area contributed by atoms with Crippen LogP contribution in [0.3, 0.4) is 0 Å². The number of methoxy groups -OCH3 is 1. The molecule has 1 saturated heterocycles. The van der Waals surface area contributed by atoms with Gasteiger partial charge in [0, 0.05) is 70.2 Å². The van der Waals surface area contributed by atoms with Crippen molar-refractivity contribution in [3.8, 4) is 5.75 Å². The van der Waals surface area contributed by atoms with Crippen LogP contribution in [0.4, 0.5) is 0 Å². The van der Waals surface area contributed by atoms with Crippen molar-refractivity contribution in [2.24, 2.45) is 0 Å². The Kier molecular flexibility index (Phi) is 24.0. The summed E-state index contributed by atoms with van der Waals surface area (Å²) in [5.74, 6) is -1.69. The molecule has 1 fully saturated rings. The first kappa shape index (κ1) is 44.3. The maximum atomic E-state index is 11.8. The zero-order valence-electron chi connectivity index (χ0n) is 29.6. The Morgan fingerprint density at radius 3 is 2.22 bits per heavy atom. The Bertz CT molecular complexity index is 1180. The predicted molar refractivity (Wildman–Crippen MR) is 181 cm³/mol. The Morgan fingerprint density at radius 2 is 1.62 bits per heavy atom. The Balaban J connectivity index is 0.00000194. The molecule has 0 aliphatic carbocycles. The Hall–Kier alpha value is -3.73. The van der Waals surface area contributed by atoms with Gasteiger partial charge in [-0.2, -0.15) is 0 Å². The van der Waals surface area contributed by atoms with Crippen LogP contribution in [0, 0.1) is 0 Å². The molecule has 0 radical (unpaired) electrons. The Morgan fingerprint density at radius 1 is 1.00 bits per heavy atom. The number of aryl methyl sites for hydroxylation is 1. The molecule has 0 saturated carbocycles. The maximum Gasteiger partial charge on any atom is 0.333 e. The number of benzene rings is 1. The molecular formula is C35H54N2O13. The van der Waals surface area contributed by atoms with Gasteiger partial charge < -0.3 is 48.7 Å². The minimum absolute atomic E-state index is 0.0238. The fourth-order valence-corrected chi connectivity index (χ4v) is 4.51. The quantitative estimate of drug-likeness (QED) is 0.0901. The zero-order chi connectivity index (χ0) is 37.1. The number of imide groups is 1. The van der Waals surface area contributed by atoms with Crippen molar-refractivity contribution in [3.63, 3.8) is 0 Å². The molecule has 3 amide bonds. The number of hydrogen-bond donors (Lipinski definition) is 3. The van der Waals surface area contributed by atoms with Gasteiger partial charge in [-0.3, -0.25) is 19.3 Å². The van der Waals surface area contributed by atoms with Gasteiger partial charge in [-0.25, -0.2) is 4.79 Å². The first-order chi connectivity index (χ1) is 24.2. The van der Waals surface area contributed by atoms with Gasteiger partial charge in [0.25, 0.3) is 11.8 Å². The minimum Gasteiger partial charge on any atom is -0.479 e. The first-order valence-corrected chi connectivity index (χ1v) is 17.0. The number of carboxylic acid groups (broad SMARTS) is 1. The van der Waals surface area contributed by atoms with Gasteiger partial charge in [-0.1, -0.05) is 32.9 Å². The summed E-state index contributed by atoms with van der Waals surface area (Å²) in [7, 11) is 1.57. The average molecular weight is 711 g/mol. The summed E-state index contributed by atoms with van der Waals surface area (Å²) in [6.07, 6.45) is 2.79. The number of nitrogens with one attached hydrogen (secondary N) is 1. The number of aliphatic carboxylic acids is 1. The van der Waals surface area contributed by atoms with Gasteiger partial charge in [-0.15, -0.1) is 0 Å². The number of aliphatic hydroxyl groups excluding tert-OH is 1. The topological polar surface area (TPSA) is 196 Å². The molecule has 50 heavy (non-hydrogen) atoms.